The van der Waals surface area contributed by atoms with Crippen LogP contribution in [0.15, 0.2) is 23.3 Å². The second kappa shape index (κ2) is 12.4. The Morgan fingerprint density at radius 1 is 0.632 bits per heavy atom. The van der Waals surface area contributed by atoms with Gasteiger partial charge in [-0.25, -0.2) is 0 Å². The molecule has 0 fully saturated rings. The molecular formula is C16H26Cl2Rh-. The number of halogens is 2. The van der Waals surface area contributed by atoms with Crippen molar-refractivity contribution in [1.82, 2.24) is 0 Å². The van der Waals surface area contributed by atoms with Crippen molar-refractivity contribution in [3.8, 4) is 0 Å². The Morgan fingerprint density at radius 2 is 1.00 bits per heavy atom. The van der Waals surface area contributed by atoms with Gasteiger partial charge in [-0.05, 0) is 62.5 Å². The van der Waals surface area contributed by atoms with E-state index < -0.39 is 0 Å². The minimum atomic E-state index is -0.226. The molecule has 3 heteroatoms. The molecule has 2 rings (SSSR count). The number of hydrogen-bond acceptors (Lipinski definition) is 0. The summed E-state index contributed by atoms with van der Waals surface area (Å²) in [5, 5.41) is 0. The molecule has 0 radical (unpaired) electrons. The van der Waals surface area contributed by atoms with Crippen molar-refractivity contribution in [2.24, 2.45) is 0 Å². The number of rotatable bonds is 1. The molecule has 0 aliphatic heterocycles. The molecule has 0 heterocycles. The van der Waals surface area contributed by atoms with E-state index >= 15 is 0 Å². The van der Waals surface area contributed by atoms with Crippen molar-refractivity contribution in [2.75, 3.05) is 0 Å². The molecule has 0 atom stereocenters. The first-order chi connectivity index (χ1) is 9.38. The summed E-state index contributed by atoms with van der Waals surface area (Å²) in [5.41, 5.74) is 3.42. The van der Waals surface area contributed by atoms with Crippen LogP contribution < -0.4 is 0 Å². The average molecular weight is 392 g/mol. The predicted molar refractivity (Wildman–Crippen MR) is 83.3 cm³/mol. The van der Waals surface area contributed by atoms with Gasteiger partial charge in [-0.3, -0.25) is 0 Å². The predicted octanol–water partition coefficient (Wildman–Crippen LogP) is 6.92. The molecule has 114 valence electrons. The molecular weight excluding hydrogens is 366 g/mol. The van der Waals surface area contributed by atoms with E-state index in [-0.39, 0.29) is 15.1 Å². The third kappa shape index (κ3) is 8.54. The van der Waals surface area contributed by atoms with Crippen molar-refractivity contribution in [3.05, 3.63) is 23.3 Å². The van der Waals surface area contributed by atoms with Gasteiger partial charge in [0.05, 0.1) is 0 Å². The van der Waals surface area contributed by atoms with Gasteiger partial charge >= 0.3 is 34.5 Å². The van der Waals surface area contributed by atoms with E-state index in [1.165, 1.54) is 77.0 Å². The summed E-state index contributed by atoms with van der Waals surface area (Å²) < 4.78 is 0. The zero-order valence-corrected chi connectivity index (χ0v) is 14.9. The van der Waals surface area contributed by atoms with E-state index in [0.717, 1.165) is 0 Å². The summed E-state index contributed by atoms with van der Waals surface area (Å²) in [5.74, 6) is 0. The second-order valence-electron chi connectivity index (χ2n) is 5.41. The van der Waals surface area contributed by atoms with Gasteiger partial charge in [-0.15, -0.1) is 0 Å². The van der Waals surface area contributed by atoms with Crippen LogP contribution in [0, 0.1) is 0 Å². The Bertz CT molecular complexity index is 256. The van der Waals surface area contributed by atoms with Crippen molar-refractivity contribution in [3.63, 3.8) is 0 Å². The van der Waals surface area contributed by atoms with E-state index in [1.807, 2.05) is 0 Å². The summed E-state index contributed by atoms with van der Waals surface area (Å²) in [7, 11) is 9.67. The fourth-order valence-corrected chi connectivity index (χ4v) is 2.97. The monoisotopic (exact) mass is 391 g/mol. The van der Waals surface area contributed by atoms with Crippen LogP contribution in [0.2, 0.25) is 0 Å². The molecule has 0 saturated heterocycles. The standard InChI is InChI=1S/C16H26.2ClH.Rh/c1-3-7-11-15(12-8-4-1)16-13-9-5-2-6-10-14-16;;;/h11,13H,1-10,12,14H2;2*1H;/q;;;+1/p-2. The first-order valence-corrected chi connectivity index (χ1v) is 11.8. The topological polar surface area (TPSA) is 0 Å². The van der Waals surface area contributed by atoms with Crippen LogP contribution in [-0.2, 0) is 15.1 Å². The first-order valence-electron chi connectivity index (χ1n) is 7.60. The molecule has 0 saturated carbocycles. The van der Waals surface area contributed by atoms with Crippen LogP contribution in [0.5, 0.6) is 0 Å². The Morgan fingerprint density at radius 3 is 1.42 bits per heavy atom. The fraction of sp³-hybridized carbons (Fsp3) is 0.750. The normalized spacial score (nSPS) is 21.8. The van der Waals surface area contributed by atoms with Gasteiger partial charge in [0.25, 0.3) is 0 Å². The van der Waals surface area contributed by atoms with Gasteiger partial charge in [0, 0.05) is 0 Å². The minimum absolute atomic E-state index is 0.226. The van der Waals surface area contributed by atoms with E-state index in [4.69, 9.17) is 19.4 Å². The van der Waals surface area contributed by atoms with E-state index in [9.17, 15) is 0 Å². The van der Waals surface area contributed by atoms with Gasteiger partial charge in [0.2, 0.25) is 0 Å². The molecule has 19 heavy (non-hydrogen) atoms. The van der Waals surface area contributed by atoms with Crippen LogP contribution >= 0.6 is 19.4 Å². The van der Waals surface area contributed by atoms with E-state index in [2.05, 4.69) is 12.2 Å². The van der Waals surface area contributed by atoms with E-state index in [1.54, 1.807) is 11.1 Å². The summed E-state index contributed by atoms with van der Waals surface area (Å²) in [6, 6.07) is 0. The molecule has 0 unspecified atom stereocenters. The molecule has 2 aliphatic rings. The molecule has 0 nitrogen and oxygen atoms in total. The maximum atomic E-state index is 4.83. The summed E-state index contributed by atoms with van der Waals surface area (Å²) in [6.45, 7) is 0. The molecule has 0 bridgehead atoms. The first kappa shape index (κ1) is 17.7. The maximum absolute atomic E-state index is 4.83. The molecule has 0 aromatic rings. The average Bonchev–Trinajstić information content (AvgIpc) is 2.30. The SMILES string of the molecule is C1=C(C2=CCCCCCC2)CCCCCC1.[Cl][Rh-][Cl]. The Labute approximate surface area is 134 Å². The molecule has 0 spiro atoms. The third-order valence-corrected chi connectivity index (χ3v) is 3.99. The van der Waals surface area contributed by atoms with E-state index in [0.29, 0.717) is 0 Å². The number of hydrogen-bond donors (Lipinski definition) is 0. The zero-order chi connectivity index (χ0) is 13.8. The second-order valence-corrected chi connectivity index (χ2v) is 7.90. The Kier molecular flexibility index (Phi) is 11.6. The Balaban J connectivity index is 0.000000550. The van der Waals surface area contributed by atoms with Crippen molar-refractivity contribution in [2.45, 2.75) is 77.0 Å². The van der Waals surface area contributed by atoms with Crippen molar-refractivity contribution < 1.29 is 15.1 Å². The molecule has 0 aromatic carbocycles. The zero-order valence-electron chi connectivity index (χ0n) is 11.7. The molecule has 2 aliphatic carbocycles. The quantitative estimate of drug-likeness (QED) is 0.425. The summed E-state index contributed by atoms with van der Waals surface area (Å²) >= 11 is -0.226. The van der Waals surface area contributed by atoms with Gasteiger partial charge in [0.15, 0.2) is 0 Å². The van der Waals surface area contributed by atoms with Crippen LogP contribution in [0.3, 0.4) is 0 Å². The van der Waals surface area contributed by atoms with Crippen LogP contribution in [-0.4, -0.2) is 0 Å². The molecule has 0 amide bonds. The van der Waals surface area contributed by atoms with Crippen LogP contribution in [0.4, 0.5) is 0 Å². The molecule has 0 N–H and O–H groups in total. The molecule has 0 aromatic heterocycles. The van der Waals surface area contributed by atoms with Crippen LogP contribution in [0.25, 0.3) is 0 Å². The Hall–Kier alpha value is 0.683. The third-order valence-electron chi connectivity index (χ3n) is 3.99. The summed E-state index contributed by atoms with van der Waals surface area (Å²) in [4.78, 5) is 0. The van der Waals surface area contributed by atoms with Crippen molar-refractivity contribution in [1.29, 1.82) is 0 Å². The van der Waals surface area contributed by atoms with Gasteiger partial charge in [-0.2, -0.15) is 0 Å². The van der Waals surface area contributed by atoms with Gasteiger partial charge in [0.1, 0.15) is 0 Å². The fourth-order valence-electron chi connectivity index (χ4n) is 2.97. The summed E-state index contributed by atoms with van der Waals surface area (Å²) in [6.07, 6.45) is 21.9. The van der Waals surface area contributed by atoms with Crippen molar-refractivity contribution >= 4 is 19.4 Å². The number of allylic oxidation sites excluding steroid dienone is 4. The van der Waals surface area contributed by atoms with Gasteiger partial charge in [-0.1, -0.05) is 37.8 Å². The van der Waals surface area contributed by atoms with Gasteiger partial charge < -0.3 is 0 Å². The van der Waals surface area contributed by atoms with Crippen LogP contribution in [0.1, 0.15) is 77.0 Å².